The van der Waals surface area contributed by atoms with E-state index in [1.54, 1.807) is 24.7 Å². The van der Waals surface area contributed by atoms with E-state index in [1.165, 1.54) is 7.11 Å². The smallest absolute Gasteiger partial charge is 0.340 e. The predicted octanol–water partition coefficient (Wildman–Crippen LogP) is 3.57. The molecule has 3 rings (SSSR count). The zero-order valence-electron chi connectivity index (χ0n) is 19.3. The highest BCUT2D eigenvalue weighted by Gasteiger charge is 2.26. The van der Waals surface area contributed by atoms with Gasteiger partial charge in [-0.25, -0.2) is 9.78 Å². The standard InChI is InChI=1S/C23H29N5O4/c1-14-19(22(30)32-12-11-31-6)15(2)25-20(14)21(29)26-18-13-16(23(3,4)5)27-28(18)17-9-7-8-10-24-17/h7-10,13,25H,11-12H2,1-6H3,(H,26,29). The minimum absolute atomic E-state index is 0.139. The van der Waals surface area contributed by atoms with Crippen LogP contribution in [-0.4, -0.2) is 51.9 Å². The molecule has 0 radical (unpaired) electrons. The number of hydrogen-bond donors (Lipinski definition) is 2. The maximum atomic E-state index is 13.1. The topological polar surface area (TPSA) is 111 Å². The fourth-order valence-corrected chi connectivity index (χ4v) is 3.24. The van der Waals surface area contributed by atoms with E-state index in [0.29, 0.717) is 35.1 Å². The Morgan fingerprint density at radius 2 is 1.94 bits per heavy atom. The van der Waals surface area contributed by atoms with Gasteiger partial charge >= 0.3 is 5.97 Å². The molecule has 0 aliphatic heterocycles. The van der Waals surface area contributed by atoms with Crippen LogP contribution in [0.2, 0.25) is 0 Å². The molecule has 0 saturated heterocycles. The van der Waals surface area contributed by atoms with Gasteiger partial charge in [0.15, 0.2) is 5.82 Å². The maximum absolute atomic E-state index is 13.1. The zero-order valence-corrected chi connectivity index (χ0v) is 19.3. The van der Waals surface area contributed by atoms with Crippen molar-refractivity contribution in [1.82, 2.24) is 19.7 Å². The van der Waals surface area contributed by atoms with Crippen LogP contribution < -0.4 is 5.32 Å². The minimum atomic E-state index is -0.499. The molecule has 2 N–H and O–H groups in total. The summed E-state index contributed by atoms with van der Waals surface area (Å²) in [6.45, 7) is 10.0. The molecular weight excluding hydrogens is 410 g/mol. The number of nitrogens with zero attached hydrogens (tertiary/aromatic N) is 3. The molecule has 1 amide bonds. The van der Waals surface area contributed by atoms with Crippen LogP contribution in [0.5, 0.6) is 0 Å². The second kappa shape index (κ2) is 9.35. The SMILES string of the molecule is COCCOC(=O)c1c(C)[nH]c(C(=O)Nc2cc(C(C)(C)C)nn2-c2ccccn2)c1C. The number of nitrogens with one attached hydrogen (secondary N) is 2. The van der Waals surface area contributed by atoms with Gasteiger partial charge in [-0.15, -0.1) is 0 Å². The van der Waals surface area contributed by atoms with Gasteiger partial charge in [0.1, 0.15) is 18.1 Å². The van der Waals surface area contributed by atoms with Crippen molar-refractivity contribution in [1.29, 1.82) is 0 Å². The summed E-state index contributed by atoms with van der Waals surface area (Å²) in [7, 11) is 1.53. The van der Waals surface area contributed by atoms with E-state index < -0.39 is 5.97 Å². The molecule has 0 saturated carbocycles. The number of methoxy groups -OCH3 is 1. The predicted molar refractivity (Wildman–Crippen MR) is 120 cm³/mol. The second-order valence-electron chi connectivity index (χ2n) is 8.47. The van der Waals surface area contributed by atoms with Crippen molar-refractivity contribution in [2.45, 2.75) is 40.0 Å². The normalized spacial score (nSPS) is 11.4. The molecule has 0 aromatic carbocycles. The molecule has 0 aliphatic carbocycles. The highest BCUT2D eigenvalue weighted by molar-refractivity contribution is 6.06. The Hall–Kier alpha value is -3.46. The fourth-order valence-electron chi connectivity index (χ4n) is 3.24. The van der Waals surface area contributed by atoms with E-state index in [0.717, 1.165) is 5.69 Å². The number of anilines is 1. The van der Waals surface area contributed by atoms with Gasteiger partial charge in [-0.2, -0.15) is 9.78 Å². The average Bonchev–Trinajstić information content (AvgIpc) is 3.29. The Morgan fingerprint density at radius 3 is 2.56 bits per heavy atom. The molecule has 0 atom stereocenters. The summed E-state index contributed by atoms with van der Waals surface area (Å²) in [4.78, 5) is 33.0. The first-order valence-electron chi connectivity index (χ1n) is 10.3. The number of hydrogen-bond acceptors (Lipinski definition) is 6. The van der Waals surface area contributed by atoms with Gasteiger partial charge in [0.2, 0.25) is 0 Å². The van der Waals surface area contributed by atoms with Gasteiger partial charge in [0, 0.05) is 30.5 Å². The molecule has 0 fully saturated rings. The number of ether oxygens (including phenoxy) is 2. The summed E-state index contributed by atoms with van der Waals surface area (Å²) in [6, 6.07) is 7.31. The van der Waals surface area contributed by atoms with Crippen LogP contribution in [0.1, 0.15) is 58.6 Å². The van der Waals surface area contributed by atoms with E-state index in [4.69, 9.17) is 9.47 Å². The minimum Gasteiger partial charge on any atom is -0.460 e. The Morgan fingerprint density at radius 1 is 1.19 bits per heavy atom. The Bertz CT molecular complexity index is 1110. The number of aromatic nitrogens is 4. The van der Waals surface area contributed by atoms with E-state index >= 15 is 0 Å². The van der Waals surface area contributed by atoms with Crippen LogP contribution in [0.4, 0.5) is 5.82 Å². The summed E-state index contributed by atoms with van der Waals surface area (Å²) in [6.07, 6.45) is 1.67. The molecule has 32 heavy (non-hydrogen) atoms. The van der Waals surface area contributed by atoms with E-state index in [1.807, 2.05) is 45.0 Å². The summed E-state index contributed by atoms with van der Waals surface area (Å²) in [5.41, 5.74) is 2.29. The van der Waals surface area contributed by atoms with Crippen molar-refractivity contribution in [3.63, 3.8) is 0 Å². The number of carbonyl (C=O) groups excluding carboxylic acids is 2. The van der Waals surface area contributed by atoms with Crippen molar-refractivity contribution in [3.8, 4) is 5.82 Å². The third-order valence-corrected chi connectivity index (χ3v) is 4.97. The van der Waals surface area contributed by atoms with E-state index in [2.05, 4.69) is 20.4 Å². The number of carbonyl (C=O) groups is 2. The lowest BCUT2D eigenvalue weighted by Gasteiger charge is -2.13. The quantitative estimate of drug-likeness (QED) is 0.430. The Balaban J connectivity index is 1.92. The van der Waals surface area contributed by atoms with E-state index in [9.17, 15) is 9.59 Å². The van der Waals surface area contributed by atoms with Gasteiger partial charge in [-0.3, -0.25) is 4.79 Å². The molecule has 3 aromatic heterocycles. The average molecular weight is 440 g/mol. The van der Waals surface area contributed by atoms with Crippen molar-refractivity contribution < 1.29 is 19.1 Å². The van der Waals surface area contributed by atoms with Crippen molar-refractivity contribution in [3.05, 3.63) is 58.7 Å². The molecule has 0 spiro atoms. The maximum Gasteiger partial charge on any atom is 0.340 e. The van der Waals surface area contributed by atoms with Crippen molar-refractivity contribution >= 4 is 17.7 Å². The van der Waals surface area contributed by atoms with Gasteiger partial charge in [0.05, 0.1) is 17.9 Å². The lowest BCUT2D eigenvalue weighted by atomic mass is 9.92. The van der Waals surface area contributed by atoms with Gasteiger partial charge < -0.3 is 19.8 Å². The van der Waals surface area contributed by atoms with Gasteiger partial charge in [0.25, 0.3) is 5.91 Å². The molecule has 9 heteroatoms. The van der Waals surface area contributed by atoms with Crippen molar-refractivity contribution in [2.75, 3.05) is 25.6 Å². The number of aromatic amines is 1. The number of esters is 1. The number of pyridine rings is 1. The first kappa shape index (κ1) is 23.2. The fraction of sp³-hybridized carbons (Fsp3) is 0.391. The first-order valence-corrected chi connectivity index (χ1v) is 10.3. The molecule has 0 aliphatic rings. The summed E-state index contributed by atoms with van der Waals surface area (Å²) >= 11 is 0. The number of aryl methyl sites for hydroxylation is 1. The van der Waals surface area contributed by atoms with E-state index in [-0.39, 0.29) is 23.6 Å². The lowest BCUT2D eigenvalue weighted by Crippen LogP contribution is -2.17. The number of rotatable bonds is 7. The number of amides is 1. The Kier molecular flexibility index (Phi) is 6.78. The molecule has 3 heterocycles. The molecule has 0 unspecified atom stereocenters. The summed E-state index contributed by atoms with van der Waals surface area (Å²) in [5, 5.41) is 7.57. The van der Waals surface area contributed by atoms with Gasteiger partial charge in [-0.1, -0.05) is 26.8 Å². The van der Waals surface area contributed by atoms with Crippen LogP contribution in [-0.2, 0) is 14.9 Å². The highest BCUT2D eigenvalue weighted by atomic mass is 16.6. The molecule has 9 nitrogen and oxygen atoms in total. The van der Waals surface area contributed by atoms with Crippen LogP contribution >= 0.6 is 0 Å². The van der Waals surface area contributed by atoms with Gasteiger partial charge in [-0.05, 0) is 31.5 Å². The van der Waals surface area contributed by atoms with Crippen molar-refractivity contribution in [2.24, 2.45) is 0 Å². The second-order valence-corrected chi connectivity index (χ2v) is 8.47. The summed E-state index contributed by atoms with van der Waals surface area (Å²) < 4.78 is 11.7. The van der Waals surface area contributed by atoms with Crippen LogP contribution in [0.3, 0.4) is 0 Å². The third-order valence-electron chi connectivity index (χ3n) is 4.97. The molecule has 170 valence electrons. The van der Waals surface area contributed by atoms with Crippen LogP contribution in [0, 0.1) is 13.8 Å². The third kappa shape index (κ3) is 4.88. The summed E-state index contributed by atoms with van der Waals surface area (Å²) in [5.74, 6) is 0.176. The Labute approximate surface area is 187 Å². The largest absolute Gasteiger partial charge is 0.460 e. The zero-order chi connectivity index (χ0) is 23.5. The highest BCUT2D eigenvalue weighted by Crippen LogP contribution is 2.27. The van der Waals surface area contributed by atoms with Crippen LogP contribution in [0.15, 0.2) is 30.5 Å². The molecule has 0 bridgehead atoms. The monoisotopic (exact) mass is 439 g/mol. The van der Waals surface area contributed by atoms with Crippen LogP contribution in [0.25, 0.3) is 5.82 Å². The molecule has 3 aromatic rings. The first-order chi connectivity index (χ1) is 15.1. The molecular formula is C23H29N5O4. The lowest BCUT2D eigenvalue weighted by molar-refractivity contribution is 0.0387. The number of H-pyrrole nitrogens is 1.